The van der Waals surface area contributed by atoms with Crippen LogP contribution < -0.4 is 10.6 Å². The molecule has 2 heterocycles. The minimum atomic E-state index is -0.347. The Morgan fingerprint density at radius 2 is 2.59 bits per heavy atom. The molecule has 2 N–H and O–H groups in total. The Hall–Kier alpha value is -2.07. The third kappa shape index (κ3) is 2.54. The number of carbonyl (C=O) groups excluding carboxylic acids is 1. The lowest BCUT2D eigenvalue weighted by molar-refractivity contribution is 0.189. The van der Waals surface area contributed by atoms with Crippen LogP contribution in [0, 0.1) is 11.3 Å². The molecule has 1 unspecified atom stereocenters. The molecular weight excluding hydrogens is 222 g/mol. The van der Waals surface area contributed by atoms with Crippen molar-refractivity contribution in [1.82, 2.24) is 15.1 Å². The first-order chi connectivity index (χ1) is 8.20. The highest BCUT2D eigenvalue weighted by Gasteiger charge is 2.19. The second-order valence-corrected chi connectivity index (χ2v) is 3.80. The van der Waals surface area contributed by atoms with Gasteiger partial charge in [-0.1, -0.05) is 0 Å². The van der Waals surface area contributed by atoms with E-state index in [1.54, 1.807) is 7.05 Å². The quantitative estimate of drug-likeness (QED) is 0.766. The van der Waals surface area contributed by atoms with Gasteiger partial charge in [0.15, 0.2) is 0 Å². The average molecular weight is 235 g/mol. The third-order valence-electron chi connectivity index (χ3n) is 2.56. The average Bonchev–Trinajstić information content (AvgIpc) is 2.90. The van der Waals surface area contributed by atoms with Crippen molar-refractivity contribution in [3.05, 3.63) is 11.8 Å². The predicted molar refractivity (Wildman–Crippen MR) is 59.3 cm³/mol. The maximum Gasteiger partial charge on any atom is 0.320 e. The Labute approximate surface area is 98.4 Å². The molecule has 0 aromatic carbocycles. The molecule has 1 saturated heterocycles. The summed E-state index contributed by atoms with van der Waals surface area (Å²) in [5, 5.41) is 18.1. The van der Waals surface area contributed by atoms with Gasteiger partial charge in [0.1, 0.15) is 17.5 Å². The van der Waals surface area contributed by atoms with Crippen LogP contribution in [0.1, 0.15) is 12.0 Å². The molecule has 1 aliphatic rings. The number of amides is 2. The number of anilines is 1. The second kappa shape index (κ2) is 4.84. The van der Waals surface area contributed by atoms with Crippen LogP contribution >= 0.6 is 0 Å². The zero-order valence-electron chi connectivity index (χ0n) is 9.43. The molecule has 0 spiro atoms. The number of rotatable bonds is 2. The fourth-order valence-corrected chi connectivity index (χ4v) is 1.64. The molecule has 2 amide bonds. The maximum atomic E-state index is 11.7. The van der Waals surface area contributed by atoms with Gasteiger partial charge in [0.25, 0.3) is 0 Å². The van der Waals surface area contributed by atoms with Crippen LogP contribution in [0.5, 0.6) is 0 Å². The fourth-order valence-electron chi connectivity index (χ4n) is 1.64. The molecule has 0 bridgehead atoms. The topological polar surface area (TPSA) is 92.0 Å². The van der Waals surface area contributed by atoms with Crippen molar-refractivity contribution in [3.63, 3.8) is 0 Å². The van der Waals surface area contributed by atoms with Gasteiger partial charge >= 0.3 is 6.03 Å². The minimum absolute atomic E-state index is 0.0359. The second-order valence-electron chi connectivity index (χ2n) is 3.80. The number of urea groups is 1. The van der Waals surface area contributed by atoms with Crippen LogP contribution in [-0.2, 0) is 11.8 Å². The Bertz CT molecular complexity index is 456. The van der Waals surface area contributed by atoms with Gasteiger partial charge in [-0.3, -0.25) is 10.00 Å². The summed E-state index contributed by atoms with van der Waals surface area (Å²) in [6, 6.07) is 1.65. The van der Waals surface area contributed by atoms with E-state index in [2.05, 4.69) is 15.7 Å². The van der Waals surface area contributed by atoms with Crippen molar-refractivity contribution in [2.75, 3.05) is 18.5 Å². The Kier molecular flexibility index (Phi) is 3.25. The molecule has 1 aliphatic heterocycles. The van der Waals surface area contributed by atoms with Crippen molar-refractivity contribution >= 4 is 11.8 Å². The summed E-state index contributed by atoms with van der Waals surface area (Å²) in [6.45, 7) is 1.20. The van der Waals surface area contributed by atoms with E-state index in [-0.39, 0.29) is 12.1 Å². The van der Waals surface area contributed by atoms with Crippen LogP contribution in [0.25, 0.3) is 0 Å². The van der Waals surface area contributed by atoms with Gasteiger partial charge < -0.3 is 10.1 Å². The number of nitrogens with zero attached hydrogens (tertiary/aromatic N) is 3. The van der Waals surface area contributed by atoms with E-state index in [1.807, 2.05) is 6.07 Å². The number of nitriles is 1. The van der Waals surface area contributed by atoms with Gasteiger partial charge in [-0.25, -0.2) is 4.79 Å². The van der Waals surface area contributed by atoms with Crippen LogP contribution in [0.2, 0.25) is 0 Å². The molecule has 90 valence electrons. The molecule has 1 fully saturated rings. The van der Waals surface area contributed by atoms with Gasteiger partial charge in [-0.2, -0.15) is 10.4 Å². The summed E-state index contributed by atoms with van der Waals surface area (Å²) in [5.74, 6) is 0.393. The predicted octanol–water partition coefficient (Wildman–Crippen LogP) is 0.202. The van der Waals surface area contributed by atoms with E-state index in [0.717, 1.165) is 6.42 Å². The normalized spacial score (nSPS) is 18.7. The van der Waals surface area contributed by atoms with Gasteiger partial charge in [0.2, 0.25) is 0 Å². The van der Waals surface area contributed by atoms with Crippen LogP contribution in [0.3, 0.4) is 0 Å². The van der Waals surface area contributed by atoms with Gasteiger partial charge in [-0.15, -0.1) is 0 Å². The van der Waals surface area contributed by atoms with Gasteiger partial charge in [0.05, 0.1) is 18.8 Å². The number of aryl methyl sites for hydroxylation is 1. The molecular formula is C10H13N5O2. The highest BCUT2D eigenvalue weighted by molar-refractivity contribution is 5.89. The number of carbonyl (C=O) groups is 1. The number of aromatic nitrogens is 2. The fraction of sp³-hybridized carbons (Fsp3) is 0.500. The molecule has 1 aromatic heterocycles. The van der Waals surface area contributed by atoms with E-state index in [0.29, 0.717) is 24.6 Å². The smallest absolute Gasteiger partial charge is 0.320 e. The van der Waals surface area contributed by atoms with Crippen molar-refractivity contribution < 1.29 is 9.53 Å². The Morgan fingerprint density at radius 3 is 3.24 bits per heavy atom. The molecule has 1 aromatic rings. The molecule has 7 heteroatoms. The number of hydrogen-bond donors (Lipinski definition) is 2. The number of hydrogen-bond acceptors (Lipinski definition) is 4. The highest BCUT2D eigenvalue weighted by Crippen LogP contribution is 2.12. The largest absolute Gasteiger partial charge is 0.379 e. The minimum Gasteiger partial charge on any atom is -0.379 e. The zero-order valence-corrected chi connectivity index (χ0v) is 9.43. The van der Waals surface area contributed by atoms with Gasteiger partial charge in [-0.05, 0) is 6.42 Å². The maximum absolute atomic E-state index is 11.7. The molecule has 2 rings (SSSR count). The molecule has 0 aliphatic carbocycles. The lowest BCUT2D eigenvalue weighted by Gasteiger charge is -2.12. The van der Waals surface area contributed by atoms with Crippen LogP contribution in [0.15, 0.2) is 6.20 Å². The van der Waals surface area contributed by atoms with Crippen molar-refractivity contribution in [1.29, 1.82) is 5.26 Å². The highest BCUT2D eigenvalue weighted by atomic mass is 16.5. The summed E-state index contributed by atoms with van der Waals surface area (Å²) >= 11 is 0. The zero-order chi connectivity index (χ0) is 12.3. The van der Waals surface area contributed by atoms with E-state index < -0.39 is 0 Å². The number of nitrogens with one attached hydrogen (secondary N) is 2. The summed E-state index contributed by atoms with van der Waals surface area (Å²) < 4.78 is 6.60. The van der Waals surface area contributed by atoms with E-state index in [1.165, 1.54) is 10.9 Å². The third-order valence-corrected chi connectivity index (χ3v) is 2.56. The Morgan fingerprint density at radius 1 is 1.76 bits per heavy atom. The first-order valence-corrected chi connectivity index (χ1v) is 5.28. The van der Waals surface area contributed by atoms with Gasteiger partial charge in [0, 0.05) is 13.7 Å². The standard InChI is InChI=1S/C10H13N5O2/c1-15-9(7(4-11)5-12-15)14-10(16)13-8-2-3-17-6-8/h5,8H,2-3,6H2,1H3,(H2,13,14,16). The van der Waals surface area contributed by atoms with Crippen LogP contribution in [0.4, 0.5) is 10.6 Å². The molecule has 1 atom stereocenters. The molecule has 0 saturated carbocycles. The van der Waals surface area contributed by atoms with E-state index >= 15 is 0 Å². The molecule has 7 nitrogen and oxygen atoms in total. The monoisotopic (exact) mass is 235 g/mol. The summed E-state index contributed by atoms with van der Waals surface area (Å²) in [5.41, 5.74) is 0.338. The molecule has 17 heavy (non-hydrogen) atoms. The number of ether oxygens (including phenoxy) is 1. The summed E-state index contributed by atoms with van der Waals surface area (Å²) in [6.07, 6.45) is 2.22. The van der Waals surface area contributed by atoms with Crippen molar-refractivity contribution in [2.45, 2.75) is 12.5 Å². The van der Waals surface area contributed by atoms with E-state index in [9.17, 15) is 4.79 Å². The summed E-state index contributed by atoms with van der Waals surface area (Å²) in [7, 11) is 1.66. The SMILES string of the molecule is Cn1ncc(C#N)c1NC(=O)NC1CCOC1. The first kappa shape index (κ1) is 11.4. The lowest BCUT2D eigenvalue weighted by Crippen LogP contribution is -2.38. The summed E-state index contributed by atoms with van der Waals surface area (Å²) in [4.78, 5) is 11.7. The first-order valence-electron chi connectivity index (χ1n) is 5.28. The van der Waals surface area contributed by atoms with Crippen molar-refractivity contribution in [3.8, 4) is 6.07 Å². The van der Waals surface area contributed by atoms with Crippen LogP contribution in [-0.4, -0.2) is 35.1 Å². The molecule has 0 radical (unpaired) electrons. The van der Waals surface area contributed by atoms with E-state index in [4.69, 9.17) is 10.00 Å². The lowest BCUT2D eigenvalue weighted by atomic mass is 10.3. The Balaban J connectivity index is 1.97. The van der Waals surface area contributed by atoms with Crippen molar-refractivity contribution in [2.24, 2.45) is 7.05 Å².